The molecule has 0 saturated heterocycles. The number of hydrogen-bond acceptors (Lipinski definition) is 6. The van der Waals surface area contributed by atoms with Crippen LogP contribution in [0.5, 0.6) is 17.5 Å². The summed E-state index contributed by atoms with van der Waals surface area (Å²) >= 11 is 0. The second-order valence-electron chi connectivity index (χ2n) is 7.15. The van der Waals surface area contributed by atoms with Gasteiger partial charge in [-0.15, -0.1) is 13.2 Å². The quantitative estimate of drug-likeness (QED) is 0.358. The monoisotopic (exact) mass is 478 g/mol. The van der Waals surface area contributed by atoms with Gasteiger partial charge >= 0.3 is 12.4 Å². The Morgan fingerprint density at radius 1 is 1.12 bits per heavy atom. The minimum atomic E-state index is -4.84. The van der Waals surface area contributed by atoms with E-state index in [1.807, 2.05) is 37.3 Å². The van der Waals surface area contributed by atoms with Crippen LogP contribution in [0.3, 0.4) is 0 Å². The van der Waals surface area contributed by atoms with Crippen LogP contribution in [0, 0.1) is 0 Å². The number of halogens is 3. The second-order valence-corrected chi connectivity index (χ2v) is 7.15. The highest BCUT2D eigenvalue weighted by molar-refractivity contribution is 5.97. The first-order valence-corrected chi connectivity index (χ1v) is 10.6. The lowest BCUT2D eigenvalue weighted by molar-refractivity contribution is -0.274. The zero-order valence-corrected chi connectivity index (χ0v) is 18.4. The zero-order chi connectivity index (χ0) is 24.6. The van der Waals surface area contributed by atoms with Crippen molar-refractivity contribution in [2.75, 3.05) is 25.0 Å². The molecular formula is C23H25F3N4O4. The van der Waals surface area contributed by atoms with Crippen molar-refractivity contribution >= 4 is 11.7 Å². The van der Waals surface area contributed by atoms with E-state index in [0.717, 1.165) is 17.7 Å². The fourth-order valence-corrected chi connectivity index (χ4v) is 3.15. The van der Waals surface area contributed by atoms with Crippen LogP contribution in [-0.4, -0.2) is 46.6 Å². The van der Waals surface area contributed by atoms with Gasteiger partial charge in [0.1, 0.15) is 11.5 Å². The van der Waals surface area contributed by atoms with Crippen LogP contribution in [0.2, 0.25) is 0 Å². The Morgan fingerprint density at radius 2 is 1.85 bits per heavy atom. The maximum absolute atomic E-state index is 13.0. The molecule has 0 aliphatic rings. The Balaban J connectivity index is 2.00. The number of carbonyl (C=O) groups is 1. The molecule has 0 spiro atoms. The van der Waals surface area contributed by atoms with Crippen LogP contribution in [0.4, 0.5) is 19.0 Å². The fraction of sp³-hybridized carbons (Fsp3) is 0.304. The van der Waals surface area contributed by atoms with Crippen LogP contribution in [0.15, 0.2) is 54.6 Å². The molecule has 182 valence electrons. The molecule has 2 aromatic carbocycles. The third-order valence-corrected chi connectivity index (χ3v) is 4.54. The molecule has 0 radical (unpaired) electrons. The number of alkyl halides is 3. The molecule has 11 heteroatoms. The first kappa shape index (κ1) is 24.9. The molecule has 0 fully saturated rings. The Kier molecular flexibility index (Phi) is 8.36. The van der Waals surface area contributed by atoms with Crippen molar-refractivity contribution in [1.29, 1.82) is 0 Å². The average Bonchev–Trinajstić information content (AvgIpc) is 3.10. The number of nitrogens with zero attached hydrogens (tertiary/aromatic N) is 2. The number of anilines is 1. The number of ether oxygens (including phenoxy) is 2. The minimum absolute atomic E-state index is 0.0104. The van der Waals surface area contributed by atoms with Crippen LogP contribution in [0.25, 0.3) is 0 Å². The van der Waals surface area contributed by atoms with Gasteiger partial charge in [-0.3, -0.25) is 9.36 Å². The maximum Gasteiger partial charge on any atom is 0.573 e. The second kappa shape index (κ2) is 11.4. The number of aromatic nitrogens is 2. The Hall–Kier alpha value is -3.73. The summed E-state index contributed by atoms with van der Waals surface area (Å²) in [6.07, 6.45) is -4.47. The lowest BCUT2D eigenvalue weighted by Gasteiger charge is -2.14. The molecular weight excluding hydrogens is 453 g/mol. The molecule has 34 heavy (non-hydrogen) atoms. The highest BCUT2D eigenvalue weighted by Crippen LogP contribution is 2.31. The molecule has 3 N–H and O–H groups in total. The highest BCUT2D eigenvalue weighted by Gasteiger charge is 2.31. The minimum Gasteiger partial charge on any atom is -0.425 e. The molecule has 0 atom stereocenters. The van der Waals surface area contributed by atoms with E-state index in [1.165, 1.54) is 12.1 Å². The molecule has 1 aromatic heterocycles. The van der Waals surface area contributed by atoms with Crippen LogP contribution < -0.4 is 20.1 Å². The van der Waals surface area contributed by atoms with Gasteiger partial charge in [-0.1, -0.05) is 36.4 Å². The summed E-state index contributed by atoms with van der Waals surface area (Å²) in [5, 5.41) is 14.8. The largest absolute Gasteiger partial charge is 0.573 e. The van der Waals surface area contributed by atoms with Crippen LogP contribution in [-0.2, 0) is 6.54 Å². The lowest BCUT2D eigenvalue weighted by atomic mass is 10.2. The zero-order valence-electron chi connectivity index (χ0n) is 18.4. The van der Waals surface area contributed by atoms with E-state index in [4.69, 9.17) is 9.84 Å². The van der Waals surface area contributed by atoms with Crippen molar-refractivity contribution in [3.05, 3.63) is 65.9 Å². The van der Waals surface area contributed by atoms with Gasteiger partial charge in [0.15, 0.2) is 11.5 Å². The Labute approximate surface area is 194 Å². The number of aliphatic hydroxyl groups is 1. The summed E-state index contributed by atoms with van der Waals surface area (Å²) < 4.78 is 49.2. The molecule has 3 rings (SSSR count). The smallest absolute Gasteiger partial charge is 0.425 e. The SMILES string of the molecule is CCNc1nc(Oc2cccc(OC(F)(F)F)c2)n(Cc2ccccc2)c1C(=O)NCCCO. The summed E-state index contributed by atoms with van der Waals surface area (Å²) in [5.41, 5.74) is 1.05. The van der Waals surface area contributed by atoms with Crippen molar-refractivity contribution < 1.29 is 32.5 Å². The van der Waals surface area contributed by atoms with E-state index in [9.17, 15) is 18.0 Å². The molecule has 0 aliphatic carbocycles. The molecule has 0 saturated carbocycles. The summed E-state index contributed by atoms with van der Waals surface area (Å²) in [5.74, 6) is -0.564. The Morgan fingerprint density at radius 3 is 2.53 bits per heavy atom. The first-order valence-electron chi connectivity index (χ1n) is 10.6. The summed E-state index contributed by atoms with van der Waals surface area (Å²) in [4.78, 5) is 17.4. The van der Waals surface area contributed by atoms with Gasteiger partial charge in [-0.05, 0) is 31.0 Å². The van der Waals surface area contributed by atoms with Gasteiger partial charge in [-0.25, -0.2) is 0 Å². The van der Waals surface area contributed by atoms with Gasteiger partial charge < -0.3 is 25.2 Å². The fourth-order valence-electron chi connectivity index (χ4n) is 3.15. The Bertz CT molecular complexity index is 1090. The number of imidazole rings is 1. The van der Waals surface area contributed by atoms with Gasteiger partial charge in [0, 0.05) is 25.8 Å². The summed E-state index contributed by atoms with van der Waals surface area (Å²) in [6, 6.07) is 14.3. The third-order valence-electron chi connectivity index (χ3n) is 4.54. The topological polar surface area (TPSA) is 97.6 Å². The standard InChI is InChI=1S/C23H25F3N4O4/c1-2-27-20-19(21(32)28-12-7-13-31)30(15-16-8-4-3-5-9-16)22(29-20)33-17-10-6-11-18(14-17)34-23(24,25)26/h3-6,8-11,14,27,31H,2,7,12-13,15H2,1H3,(H,28,32). The van der Waals surface area contributed by atoms with E-state index >= 15 is 0 Å². The van der Waals surface area contributed by atoms with Crippen molar-refractivity contribution in [2.45, 2.75) is 26.3 Å². The van der Waals surface area contributed by atoms with Gasteiger partial charge in [0.2, 0.25) is 0 Å². The van der Waals surface area contributed by atoms with Crippen LogP contribution in [0.1, 0.15) is 29.4 Å². The van der Waals surface area contributed by atoms with E-state index in [0.29, 0.717) is 13.0 Å². The molecule has 1 amide bonds. The molecule has 3 aromatic rings. The number of nitrogens with one attached hydrogen (secondary N) is 2. The predicted molar refractivity (Wildman–Crippen MR) is 119 cm³/mol. The molecule has 0 bridgehead atoms. The molecule has 8 nitrogen and oxygen atoms in total. The molecule has 0 unspecified atom stereocenters. The van der Waals surface area contributed by atoms with E-state index in [2.05, 4.69) is 20.4 Å². The predicted octanol–water partition coefficient (Wildman–Crippen LogP) is 4.17. The highest BCUT2D eigenvalue weighted by atomic mass is 19.4. The van der Waals surface area contributed by atoms with Crippen molar-refractivity contribution in [2.24, 2.45) is 0 Å². The normalized spacial score (nSPS) is 11.2. The first-order chi connectivity index (χ1) is 16.3. The van der Waals surface area contributed by atoms with Crippen molar-refractivity contribution in [1.82, 2.24) is 14.9 Å². The van der Waals surface area contributed by atoms with E-state index < -0.39 is 18.0 Å². The average molecular weight is 478 g/mol. The molecule has 1 heterocycles. The van der Waals surface area contributed by atoms with Crippen LogP contribution >= 0.6 is 0 Å². The number of carbonyl (C=O) groups excluding carboxylic acids is 1. The maximum atomic E-state index is 13.0. The summed E-state index contributed by atoms with van der Waals surface area (Å²) in [7, 11) is 0. The number of benzene rings is 2. The third kappa shape index (κ3) is 6.88. The van der Waals surface area contributed by atoms with Crippen molar-refractivity contribution in [3.63, 3.8) is 0 Å². The summed E-state index contributed by atoms with van der Waals surface area (Å²) in [6.45, 7) is 2.70. The van der Waals surface area contributed by atoms with Gasteiger partial charge in [-0.2, -0.15) is 4.98 Å². The van der Waals surface area contributed by atoms with E-state index in [-0.39, 0.29) is 43.0 Å². The number of rotatable bonds is 11. The van der Waals surface area contributed by atoms with E-state index in [1.54, 1.807) is 4.57 Å². The molecule has 0 aliphatic heterocycles. The number of amides is 1. The number of aliphatic hydroxyl groups excluding tert-OH is 1. The van der Waals surface area contributed by atoms with Gasteiger partial charge in [0.25, 0.3) is 5.91 Å². The van der Waals surface area contributed by atoms with Gasteiger partial charge in [0.05, 0.1) is 6.54 Å². The lowest BCUT2D eigenvalue weighted by Crippen LogP contribution is -2.28. The van der Waals surface area contributed by atoms with Crippen molar-refractivity contribution in [3.8, 4) is 17.5 Å². The number of hydrogen-bond donors (Lipinski definition) is 3.